The van der Waals surface area contributed by atoms with E-state index in [1.54, 1.807) is 0 Å². The van der Waals surface area contributed by atoms with E-state index in [1.807, 2.05) is 32.0 Å². The van der Waals surface area contributed by atoms with Gasteiger partial charge in [0.05, 0.1) is 19.6 Å². The van der Waals surface area contributed by atoms with Gasteiger partial charge in [0.1, 0.15) is 5.75 Å². The Kier molecular flexibility index (Phi) is 4.65. The molecule has 0 unspecified atom stereocenters. The van der Waals surface area contributed by atoms with Gasteiger partial charge in [0.2, 0.25) is 5.91 Å². The number of benzene rings is 1. The molecule has 7 nitrogen and oxygen atoms in total. The lowest BCUT2D eigenvalue weighted by molar-refractivity contribution is -0.121. The van der Waals surface area contributed by atoms with Gasteiger partial charge in [-0.1, -0.05) is 22.9 Å². The summed E-state index contributed by atoms with van der Waals surface area (Å²) >= 11 is 0. The zero-order valence-electron chi connectivity index (χ0n) is 11.5. The van der Waals surface area contributed by atoms with Gasteiger partial charge in [-0.05, 0) is 25.5 Å². The number of tetrazole rings is 1. The van der Waals surface area contributed by atoms with Crippen LogP contribution in [0.25, 0.3) is 0 Å². The van der Waals surface area contributed by atoms with E-state index in [0.29, 0.717) is 12.4 Å². The van der Waals surface area contributed by atoms with Gasteiger partial charge < -0.3 is 10.1 Å². The average Bonchev–Trinajstić information content (AvgIpc) is 2.92. The van der Waals surface area contributed by atoms with Gasteiger partial charge in [-0.15, -0.1) is 10.2 Å². The van der Waals surface area contributed by atoms with Gasteiger partial charge in [0.15, 0.2) is 5.82 Å². The highest BCUT2D eigenvalue weighted by Crippen LogP contribution is 2.18. The van der Waals surface area contributed by atoms with Crippen LogP contribution in [0.2, 0.25) is 0 Å². The Bertz CT molecular complexity index is 568. The van der Waals surface area contributed by atoms with E-state index in [0.717, 1.165) is 11.3 Å². The molecule has 0 bridgehead atoms. The zero-order valence-corrected chi connectivity index (χ0v) is 11.5. The number of carbonyl (C=O) groups excluding carboxylic acids is 1. The smallest absolute Gasteiger partial charge is 0.223 e. The first-order valence-corrected chi connectivity index (χ1v) is 6.34. The number of H-pyrrole nitrogens is 1. The molecule has 7 heteroatoms. The lowest BCUT2D eigenvalue weighted by Gasteiger charge is -2.09. The first-order valence-electron chi connectivity index (χ1n) is 6.34. The van der Waals surface area contributed by atoms with Gasteiger partial charge in [0.25, 0.3) is 0 Å². The van der Waals surface area contributed by atoms with Crippen molar-refractivity contribution in [3.05, 3.63) is 35.2 Å². The van der Waals surface area contributed by atoms with Crippen LogP contribution < -0.4 is 10.1 Å². The first kappa shape index (κ1) is 14.0. The summed E-state index contributed by atoms with van der Waals surface area (Å²) < 4.78 is 5.59. The number of hydrogen-bond acceptors (Lipinski definition) is 5. The molecule has 1 amide bonds. The highest BCUT2D eigenvalue weighted by atomic mass is 16.5. The molecule has 0 spiro atoms. The molecule has 20 heavy (non-hydrogen) atoms. The van der Waals surface area contributed by atoms with Crippen molar-refractivity contribution in [2.24, 2.45) is 0 Å². The Morgan fingerprint density at radius 3 is 2.95 bits per heavy atom. The monoisotopic (exact) mass is 275 g/mol. The predicted molar refractivity (Wildman–Crippen MR) is 72.1 cm³/mol. The molecule has 0 saturated heterocycles. The fraction of sp³-hybridized carbons (Fsp3) is 0.385. The summed E-state index contributed by atoms with van der Waals surface area (Å²) in [6, 6.07) is 5.95. The highest BCUT2D eigenvalue weighted by Gasteiger charge is 2.05. The number of rotatable bonds is 6. The number of nitrogens with zero attached hydrogens (tertiary/aromatic N) is 3. The minimum absolute atomic E-state index is 0.112. The predicted octanol–water partition coefficient (Wildman–Crippen LogP) is 0.902. The molecular formula is C13H17N5O2. The van der Waals surface area contributed by atoms with Crippen molar-refractivity contribution in [2.75, 3.05) is 6.61 Å². The maximum absolute atomic E-state index is 11.6. The van der Waals surface area contributed by atoms with E-state index < -0.39 is 0 Å². The summed E-state index contributed by atoms with van der Waals surface area (Å²) in [5, 5.41) is 15.9. The van der Waals surface area contributed by atoms with E-state index in [2.05, 4.69) is 25.9 Å². The van der Waals surface area contributed by atoms with E-state index >= 15 is 0 Å². The molecule has 0 fully saturated rings. The largest absolute Gasteiger partial charge is 0.493 e. The Morgan fingerprint density at radius 1 is 1.40 bits per heavy atom. The fourth-order valence-corrected chi connectivity index (χ4v) is 1.74. The quantitative estimate of drug-likeness (QED) is 0.817. The molecule has 2 N–H and O–H groups in total. The number of ether oxygens (including phenoxy) is 1. The van der Waals surface area contributed by atoms with Crippen LogP contribution in [0.15, 0.2) is 18.2 Å². The summed E-state index contributed by atoms with van der Waals surface area (Å²) in [4.78, 5) is 11.6. The summed E-state index contributed by atoms with van der Waals surface area (Å²) in [6.45, 7) is 4.61. The number of hydrogen-bond donors (Lipinski definition) is 2. The van der Waals surface area contributed by atoms with Crippen molar-refractivity contribution in [3.8, 4) is 5.75 Å². The Balaban J connectivity index is 1.71. The molecule has 1 aromatic heterocycles. The van der Waals surface area contributed by atoms with Gasteiger partial charge >= 0.3 is 0 Å². The molecule has 0 aliphatic heterocycles. The fourth-order valence-electron chi connectivity index (χ4n) is 1.74. The van der Waals surface area contributed by atoms with Crippen molar-refractivity contribution in [1.82, 2.24) is 25.9 Å². The minimum atomic E-state index is -0.112. The zero-order chi connectivity index (χ0) is 14.4. The van der Waals surface area contributed by atoms with Crippen molar-refractivity contribution in [1.29, 1.82) is 0 Å². The number of carbonyl (C=O) groups is 1. The van der Waals surface area contributed by atoms with Crippen LogP contribution in [0.3, 0.4) is 0 Å². The van der Waals surface area contributed by atoms with Crippen molar-refractivity contribution < 1.29 is 9.53 Å². The Morgan fingerprint density at radius 2 is 2.25 bits per heavy atom. The summed E-state index contributed by atoms with van der Waals surface area (Å²) in [7, 11) is 0. The number of nitrogens with one attached hydrogen (secondary N) is 2. The summed E-state index contributed by atoms with van der Waals surface area (Å²) in [5.41, 5.74) is 2.25. The number of aryl methyl sites for hydroxylation is 2. The molecule has 0 radical (unpaired) electrons. The molecule has 0 aliphatic rings. The van der Waals surface area contributed by atoms with Gasteiger partial charge in [-0.2, -0.15) is 5.21 Å². The van der Waals surface area contributed by atoms with Crippen molar-refractivity contribution in [2.45, 2.75) is 26.8 Å². The van der Waals surface area contributed by atoms with E-state index in [1.165, 1.54) is 5.56 Å². The van der Waals surface area contributed by atoms with Crippen LogP contribution in [0.4, 0.5) is 0 Å². The number of aromatic nitrogens is 4. The number of amides is 1. The van der Waals surface area contributed by atoms with Crippen LogP contribution in [-0.2, 0) is 11.3 Å². The average molecular weight is 275 g/mol. The molecular weight excluding hydrogens is 258 g/mol. The molecule has 2 aromatic rings. The van der Waals surface area contributed by atoms with Crippen LogP contribution in [-0.4, -0.2) is 33.1 Å². The molecule has 106 valence electrons. The van der Waals surface area contributed by atoms with Crippen LogP contribution >= 0.6 is 0 Å². The Labute approximate surface area is 116 Å². The lowest BCUT2D eigenvalue weighted by Crippen LogP contribution is -2.25. The molecule has 0 saturated carbocycles. The molecule has 1 heterocycles. The van der Waals surface area contributed by atoms with Crippen LogP contribution in [0.5, 0.6) is 5.75 Å². The van der Waals surface area contributed by atoms with E-state index in [-0.39, 0.29) is 18.9 Å². The van der Waals surface area contributed by atoms with Crippen molar-refractivity contribution in [3.63, 3.8) is 0 Å². The molecule has 1 aromatic carbocycles. The van der Waals surface area contributed by atoms with Crippen LogP contribution in [0, 0.1) is 13.8 Å². The first-order chi connectivity index (χ1) is 9.65. The van der Waals surface area contributed by atoms with Crippen molar-refractivity contribution >= 4 is 5.91 Å². The SMILES string of the molecule is Cc1ccc(OCCC(=O)NCc2nn[nH]n2)c(C)c1. The second-order valence-corrected chi connectivity index (χ2v) is 4.47. The third-order valence-corrected chi connectivity index (χ3v) is 2.75. The normalized spacial score (nSPS) is 10.3. The summed E-state index contributed by atoms with van der Waals surface area (Å²) in [5.74, 6) is 1.15. The molecule has 0 aliphatic carbocycles. The number of aromatic amines is 1. The Hall–Kier alpha value is -2.44. The molecule has 2 rings (SSSR count). The minimum Gasteiger partial charge on any atom is -0.493 e. The maximum Gasteiger partial charge on any atom is 0.223 e. The van der Waals surface area contributed by atoms with E-state index in [9.17, 15) is 4.79 Å². The second-order valence-electron chi connectivity index (χ2n) is 4.47. The van der Waals surface area contributed by atoms with Crippen LogP contribution in [0.1, 0.15) is 23.4 Å². The maximum atomic E-state index is 11.6. The van der Waals surface area contributed by atoms with Gasteiger partial charge in [-0.3, -0.25) is 4.79 Å². The highest BCUT2D eigenvalue weighted by molar-refractivity contribution is 5.75. The standard InChI is InChI=1S/C13H17N5O2/c1-9-3-4-11(10(2)7-9)20-6-5-13(19)14-8-12-15-17-18-16-12/h3-4,7H,5-6,8H2,1-2H3,(H,14,19)(H,15,16,17,18). The molecule has 0 atom stereocenters. The third kappa shape index (κ3) is 4.04. The second kappa shape index (κ2) is 6.65. The summed E-state index contributed by atoms with van der Waals surface area (Å²) in [6.07, 6.45) is 0.283. The third-order valence-electron chi connectivity index (χ3n) is 2.75. The van der Waals surface area contributed by atoms with Gasteiger partial charge in [-0.25, -0.2) is 0 Å². The topological polar surface area (TPSA) is 92.8 Å². The van der Waals surface area contributed by atoms with Gasteiger partial charge in [0, 0.05) is 0 Å². The lowest BCUT2D eigenvalue weighted by atomic mass is 10.1. The van der Waals surface area contributed by atoms with E-state index in [4.69, 9.17) is 4.74 Å².